The van der Waals surface area contributed by atoms with E-state index in [2.05, 4.69) is 31.1 Å². The third kappa shape index (κ3) is 5.67. The first kappa shape index (κ1) is 24.4. The molecule has 2 aliphatic heterocycles. The van der Waals surface area contributed by atoms with Crippen molar-refractivity contribution in [2.45, 2.75) is 38.3 Å². The molecule has 2 heterocycles. The molecule has 0 spiro atoms. The fraction of sp³-hybridized carbons (Fsp3) is 0.348. The maximum Gasteiger partial charge on any atom is 0.387 e. The van der Waals surface area contributed by atoms with Crippen LogP contribution >= 0.6 is 27.5 Å². The van der Waals surface area contributed by atoms with Gasteiger partial charge in [-0.15, -0.1) is 0 Å². The normalized spacial score (nSPS) is 18.7. The standard InChI is InChI=1S/C23H22BrClF2N4O3/c24-15-7-5-14(6-8-15)21-18(30-11-3-1-2-4-20(30)32)13-31(29-21)23(33)28-16-9-10-19(17(25)12-16)34-22(26)27/h5-10,12,18,22H,1-4,11,13H2,(H,28,33). The Balaban J connectivity index is 1.56. The molecule has 0 bridgehead atoms. The summed E-state index contributed by atoms with van der Waals surface area (Å²) in [6.07, 6.45) is 3.20. The molecular formula is C23H22BrClF2N4O3. The lowest BCUT2D eigenvalue weighted by Gasteiger charge is -2.28. The van der Waals surface area contributed by atoms with Crippen LogP contribution in [0.3, 0.4) is 0 Å². The fourth-order valence-electron chi connectivity index (χ4n) is 4.02. The Kier molecular flexibility index (Phi) is 7.67. The van der Waals surface area contributed by atoms with Crippen LogP contribution in [0.5, 0.6) is 5.75 Å². The van der Waals surface area contributed by atoms with E-state index in [1.165, 1.54) is 23.2 Å². The lowest BCUT2D eigenvalue weighted by Crippen LogP contribution is -2.47. The van der Waals surface area contributed by atoms with Crippen LogP contribution in [0.1, 0.15) is 31.2 Å². The predicted octanol–water partition coefficient (Wildman–Crippen LogP) is 5.73. The number of urea groups is 1. The lowest BCUT2D eigenvalue weighted by molar-refractivity contribution is -0.131. The summed E-state index contributed by atoms with van der Waals surface area (Å²) in [7, 11) is 0. The number of rotatable bonds is 5. The summed E-state index contributed by atoms with van der Waals surface area (Å²) in [4.78, 5) is 27.6. The number of hydrogen-bond donors (Lipinski definition) is 1. The number of hydrogen-bond acceptors (Lipinski definition) is 4. The minimum Gasteiger partial charge on any atom is -0.433 e. The van der Waals surface area contributed by atoms with Gasteiger partial charge in [-0.1, -0.05) is 46.1 Å². The van der Waals surface area contributed by atoms with Gasteiger partial charge in [0.15, 0.2) is 0 Å². The van der Waals surface area contributed by atoms with Gasteiger partial charge in [0, 0.05) is 28.7 Å². The third-order valence-electron chi connectivity index (χ3n) is 5.65. The second-order valence-electron chi connectivity index (χ2n) is 7.94. The van der Waals surface area contributed by atoms with Crippen molar-refractivity contribution in [3.05, 3.63) is 57.5 Å². The van der Waals surface area contributed by atoms with E-state index in [9.17, 15) is 18.4 Å². The molecule has 1 atom stereocenters. The molecule has 4 rings (SSSR count). The van der Waals surface area contributed by atoms with E-state index < -0.39 is 12.6 Å². The number of alkyl halides is 2. The van der Waals surface area contributed by atoms with Crippen molar-refractivity contribution in [3.8, 4) is 5.75 Å². The molecule has 2 aromatic rings. The van der Waals surface area contributed by atoms with Gasteiger partial charge in [0.05, 0.1) is 23.3 Å². The number of carbonyl (C=O) groups excluding carboxylic acids is 2. The van der Waals surface area contributed by atoms with Gasteiger partial charge < -0.3 is 15.0 Å². The Hall–Kier alpha value is -2.72. The van der Waals surface area contributed by atoms with Gasteiger partial charge in [-0.05, 0) is 43.2 Å². The Labute approximate surface area is 208 Å². The minimum atomic E-state index is -3.01. The Morgan fingerprint density at radius 3 is 2.65 bits per heavy atom. The van der Waals surface area contributed by atoms with E-state index in [1.54, 1.807) is 0 Å². The van der Waals surface area contributed by atoms with Crippen molar-refractivity contribution in [2.75, 3.05) is 18.4 Å². The average molecular weight is 556 g/mol. The van der Waals surface area contributed by atoms with Crippen molar-refractivity contribution >= 4 is 50.9 Å². The first-order valence-electron chi connectivity index (χ1n) is 10.8. The Morgan fingerprint density at radius 2 is 1.94 bits per heavy atom. The zero-order valence-electron chi connectivity index (χ0n) is 18.0. The van der Waals surface area contributed by atoms with E-state index in [4.69, 9.17) is 11.6 Å². The molecular weight excluding hydrogens is 534 g/mol. The monoisotopic (exact) mass is 554 g/mol. The molecule has 0 saturated carbocycles. The number of hydrazone groups is 1. The zero-order chi connectivity index (χ0) is 24.2. The van der Waals surface area contributed by atoms with Crippen molar-refractivity contribution in [1.29, 1.82) is 0 Å². The topological polar surface area (TPSA) is 74.2 Å². The van der Waals surface area contributed by atoms with Crippen molar-refractivity contribution in [2.24, 2.45) is 5.10 Å². The molecule has 1 saturated heterocycles. The Morgan fingerprint density at radius 1 is 1.18 bits per heavy atom. The number of anilines is 1. The number of amides is 3. The first-order chi connectivity index (χ1) is 16.3. The summed E-state index contributed by atoms with van der Waals surface area (Å²) in [5.74, 6) is -0.137. The maximum absolute atomic E-state index is 13.0. The van der Waals surface area contributed by atoms with Crippen LogP contribution in [0.25, 0.3) is 0 Å². The van der Waals surface area contributed by atoms with Crippen LogP contribution in [0.15, 0.2) is 52.0 Å². The molecule has 7 nitrogen and oxygen atoms in total. The van der Waals surface area contributed by atoms with Gasteiger partial charge in [-0.2, -0.15) is 13.9 Å². The number of carbonyl (C=O) groups is 2. The largest absolute Gasteiger partial charge is 0.433 e. The molecule has 0 aliphatic carbocycles. The highest BCUT2D eigenvalue weighted by Gasteiger charge is 2.37. The van der Waals surface area contributed by atoms with Gasteiger partial charge >= 0.3 is 12.6 Å². The fourth-order valence-corrected chi connectivity index (χ4v) is 4.51. The predicted molar refractivity (Wildman–Crippen MR) is 128 cm³/mol. The molecule has 3 amide bonds. The van der Waals surface area contributed by atoms with Crippen molar-refractivity contribution < 1.29 is 23.1 Å². The minimum absolute atomic E-state index is 0.0518. The highest BCUT2D eigenvalue weighted by atomic mass is 79.9. The summed E-state index contributed by atoms with van der Waals surface area (Å²) in [5, 5.41) is 8.44. The second-order valence-corrected chi connectivity index (χ2v) is 9.26. The number of nitrogens with one attached hydrogen (secondary N) is 1. The average Bonchev–Trinajstić information content (AvgIpc) is 3.12. The molecule has 2 aromatic carbocycles. The van der Waals surface area contributed by atoms with Gasteiger partial charge in [0.1, 0.15) is 5.75 Å². The highest BCUT2D eigenvalue weighted by Crippen LogP contribution is 2.30. The third-order valence-corrected chi connectivity index (χ3v) is 6.47. The molecule has 0 aromatic heterocycles. The first-order valence-corrected chi connectivity index (χ1v) is 12.0. The second kappa shape index (κ2) is 10.7. The number of benzene rings is 2. The molecule has 2 aliphatic rings. The number of nitrogens with zero attached hydrogens (tertiary/aromatic N) is 3. The number of ether oxygens (including phenoxy) is 1. The summed E-state index contributed by atoms with van der Waals surface area (Å²) in [6.45, 7) is -2.20. The van der Waals surface area contributed by atoms with E-state index in [-0.39, 0.29) is 29.3 Å². The van der Waals surface area contributed by atoms with E-state index in [0.29, 0.717) is 24.4 Å². The molecule has 34 heavy (non-hydrogen) atoms. The number of halogens is 4. The van der Waals surface area contributed by atoms with Gasteiger partial charge in [0.2, 0.25) is 5.91 Å². The van der Waals surface area contributed by atoms with Gasteiger partial charge in [-0.3, -0.25) is 4.79 Å². The smallest absolute Gasteiger partial charge is 0.387 e. The molecule has 1 N–H and O–H groups in total. The summed E-state index contributed by atoms with van der Waals surface area (Å²) < 4.78 is 30.1. The van der Waals surface area contributed by atoms with Crippen LogP contribution in [0.2, 0.25) is 5.02 Å². The van der Waals surface area contributed by atoms with Gasteiger partial charge in [-0.25, -0.2) is 9.80 Å². The number of likely N-dealkylation sites (tertiary alicyclic amines) is 1. The Bertz CT molecular complexity index is 1100. The van der Waals surface area contributed by atoms with Crippen molar-refractivity contribution in [3.63, 3.8) is 0 Å². The van der Waals surface area contributed by atoms with Crippen LogP contribution in [0, 0.1) is 0 Å². The lowest BCUT2D eigenvalue weighted by atomic mass is 10.0. The van der Waals surface area contributed by atoms with Crippen molar-refractivity contribution in [1.82, 2.24) is 9.91 Å². The zero-order valence-corrected chi connectivity index (χ0v) is 20.4. The van der Waals surface area contributed by atoms with E-state index in [1.807, 2.05) is 29.2 Å². The molecule has 180 valence electrons. The van der Waals surface area contributed by atoms with Crippen LogP contribution in [-0.2, 0) is 4.79 Å². The van der Waals surface area contributed by atoms with Crippen LogP contribution in [-0.4, -0.2) is 53.3 Å². The summed E-state index contributed by atoms with van der Waals surface area (Å²) >= 11 is 9.41. The maximum atomic E-state index is 13.0. The van der Waals surface area contributed by atoms with E-state index in [0.717, 1.165) is 29.3 Å². The van der Waals surface area contributed by atoms with E-state index >= 15 is 0 Å². The quantitative estimate of drug-likeness (QED) is 0.512. The molecule has 1 fully saturated rings. The van der Waals surface area contributed by atoms with Gasteiger partial charge in [0.25, 0.3) is 0 Å². The SMILES string of the molecule is O=C(Nc1ccc(OC(F)F)c(Cl)c1)N1CC(N2CCCCCC2=O)C(c2ccc(Br)cc2)=N1. The van der Waals surface area contributed by atoms with Crippen LogP contribution < -0.4 is 10.1 Å². The summed E-state index contributed by atoms with van der Waals surface area (Å²) in [5.41, 5.74) is 1.75. The van der Waals surface area contributed by atoms with Crippen LogP contribution in [0.4, 0.5) is 19.3 Å². The molecule has 1 unspecified atom stereocenters. The molecule has 11 heteroatoms. The molecule has 0 radical (unpaired) electrons. The highest BCUT2D eigenvalue weighted by molar-refractivity contribution is 9.10. The summed E-state index contributed by atoms with van der Waals surface area (Å²) in [6, 6.07) is 10.6.